The van der Waals surface area contributed by atoms with Gasteiger partial charge < -0.3 is 15.4 Å². The third-order valence-corrected chi connectivity index (χ3v) is 3.13. The molecule has 1 aromatic rings. The second-order valence-corrected chi connectivity index (χ2v) is 4.61. The van der Waals surface area contributed by atoms with Crippen molar-refractivity contribution < 1.29 is 9.53 Å². The van der Waals surface area contributed by atoms with Crippen LogP contribution in [0.25, 0.3) is 0 Å². The Morgan fingerprint density at radius 2 is 2.24 bits per heavy atom. The maximum Gasteiger partial charge on any atom is 0.253 e. The molecule has 1 fully saturated rings. The largest absolute Gasteiger partial charge is 0.365 e. The van der Waals surface area contributed by atoms with E-state index in [0.717, 1.165) is 0 Å². The molecule has 92 valence electrons. The van der Waals surface area contributed by atoms with Gasteiger partial charge in [0.05, 0.1) is 23.4 Å². The number of ether oxygens (including phenoxy) is 1. The third-order valence-electron chi connectivity index (χ3n) is 2.59. The van der Waals surface area contributed by atoms with Crippen molar-refractivity contribution in [3.63, 3.8) is 0 Å². The molecule has 1 aliphatic heterocycles. The normalized spacial score (nSPS) is 20.8. The van der Waals surface area contributed by atoms with Crippen molar-refractivity contribution in [2.24, 2.45) is 5.73 Å². The predicted octanol–water partition coefficient (Wildman–Crippen LogP) is 1.68. The number of rotatable bonds is 2. The van der Waals surface area contributed by atoms with E-state index in [4.69, 9.17) is 33.7 Å². The molecule has 1 heterocycles. The van der Waals surface area contributed by atoms with Crippen LogP contribution in [-0.2, 0) is 9.53 Å². The van der Waals surface area contributed by atoms with Crippen molar-refractivity contribution in [1.29, 1.82) is 0 Å². The maximum absolute atomic E-state index is 11.8. The molecule has 1 atom stereocenters. The minimum atomic E-state index is -0.153. The van der Waals surface area contributed by atoms with Crippen LogP contribution in [0.2, 0.25) is 10.0 Å². The van der Waals surface area contributed by atoms with Crippen molar-refractivity contribution >= 4 is 34.8 Å². The zero-order valence-electron chi connectivity index (χ0n) is 9.03. The third kappa shape index (κ3) is 2.72. The molecular weight excluding hydrogens is 263 g/mol. The lowest BCUT2D eigenvalue weighted by molar-refractivity contribution is -0.128. The first-order valence-corrected chi connectivity index (χ1v) is 5.94. The van der Waals surface area contributed by atoms with Crippen molar-refractivity contribution in [3.8, 4) is 0 Å². The van der Waals surface area contributed by atoms with Crippen LogP contribution in [0, 0.1) is 0 Å². The Balaban J connectivity index is 2.27. The van der Waals surface area contributed by atoms with E-state index < -0.39 is 0 Å². The highest BCUT2D eigenvalue weighted by Gasteiger charge is 2.27. The van der Waals surface area contributed by atoms with Crippen LogP contribution < -0.4 is 10.6 Å². The van der Waals surface area contributed by atoms with Crippen LogP contribution in [0.15, 0.2) is 18.2 Å². The molecule has 2 N–H and O–H groups in total. The summed E-state index contributed by atoms with van der Waals surface area (Å²) in [5.74, 6) is -0.126. The van der Waals surface area contributed by atoms with Crippen LogP contribution in [-0.4, -0.2) is 31.7 Å². The first-order chi connectivity index (χ1) is 8.11. The van der Waals surface area contributed by atoms with Gasteiger partial charge in [0.2, 0.25) is 0 Å². The Kier molecular flexibility index (Phi) is 3.89. The SMILES string of the molecule is NCC1CN(c2ccc(Cl)cc2Cl)C(=O)CO1. The van der Waals surface area contributed by atoms with Gasteiger partial charge in [0, 0.05) is 11.6 Å². The standard InChI is InChI=1S/C11H12Cl2N2O2/c12-7-1-2-10(9(13)3-7)15-5-8(4-14)17-6-11(15)16/h1-3,8H,4-6,14H2. The number of nitrogens with two attached hydrogens (primary N) is 1. The van der Waals surface area contributed by atoms with Gasteiger partial charge in [-0.1, -0.05) is 23.2 Å². The van der Waals surface area contributed by atoms with E-state index in [-0.39, 0.29) is 18.6 Å². The molecule has 4 nitrogen and oxygen atoms in total. The van der Waals surface area contributed by atoms with Gasteiger partial charge in [-0.25, -0.2) is 0 Å². The van der Waals surface area contributed by atoms with Gasteiger partial charge in [-0.3, -0.25) is 4.79 Å². The molecular formula is C11H12Cl2N2O2. The van der Waals surface area contributed by atoms with Crippen molar-refractivity contribution in [3.05, 3.63) is 28.2 Å². The van der Waals surface area contributed by atoms with Crippen LogP contribution in [0.1, 0.15) is 0 Å². The van der Waals surface area contributed by atoms with E-state index in [1.165, 1.54) is 0 Å². The smallest absolute Gasteiger partial charge is 0.253 e. The quantitative estimate of drug-likeness (QED) is 0.893. The second kappa shape index (κ2) is 5.23. The first-order valence-electron chi connectivity index (χ1n) is 5.19. The molecule has 0 spiro atoms. The summed E-state index contributed by atoms with van der Waals surface area (Å²) in [7, 11) is 0. The summed E-state index contributed by atoms with van der Waals surface area (Å²) in [6, 6.07) is 5.03. The average molecular weight is 275 g/mol. The van der Waals surface area contributed by atoms with E-state index in [9.17, 15) is 4.79 Å². The minimum Gasteiger partial charge on any atom is -0.365 e. The van der Waals surface area contributed by atoms with Gasteiger partial charge >= 0.3 is 0 Å². The lowest BCUT2D eigenvalue weighted by Gasteiger charge is -2.32. The highest BCUT2D eigenvalue weighted by molar-refractivity contribution is 6.36. The Hall–Kier alpha value is -0.810. The Morgan fingerprint density at radius 1 is 1.47 bits per heavy atom. The van der Waals surface area contributed by atoms with E-state index >= 15 is 0 Å². The molecule has 0 radical (unpaired) electrons. The van der Waals surface area contributed by atoms with Crippen molar-refractivity contribution in [2.75, 3.05) is 24.6 Å². The lowest BCUT2D eigenvalue weighted by Crippen LogP contribution is -2.49. The number of carbonyl (C=O) groups excluding carboxylic acids is 1. The average Bonchev–Trinajstić information content (AvgIpc) is 2.30. The molecule has 1 amide bonds. The van der Waals surface area contributed by atoms with Crippen LogP contribution >= 0.6 is 23.2 Å². The van der Waals surface area contributed by atoms with Gasteiger partial charge in [-0.2, -0.15) is 0 Å². The molecule has 1 saturated heterocycles. The van der Waals surface area contributed by atoms with E-state index in [1.807, 2.05) is 0 Å². The zero-order valence-corrected chi connectivity index (χ0v) is 10.5. The molecule has 1 aliphatic rings. The molecule has 2 rings (SSSR count). The molecule has 17 heavy (non-hydrogen) atoms. The first kappa shape index (κ1) is 12.6. The number of nitrogens with zero attached hydrogens (tertiary/aromatic N) is 1. The van der Waals surface area contributed by atoms with Gasteiger partial charge in [-0.15, -0.1) is 0 Å². The Bertz CT molecular complexity index is 439. The summed E-state index contributed by atoms with van der Waals surface area (Å²) in [5.41, 5.74) is 6.18. The van der Waals surface area contributed by atoms with Crippen LogP contribution in [0.3, 0.4) is 0 Å². The minimum absolute atomic E-state index is 0.0286. The molecule has 0 aliphatic carbocycles. The summed E-state index contributed by atoms with van der Waals surface area (Å²) in [6.07, 6.45) is -0.153. The molecule has 1 unspecified atom stereocenters. The van der Waals surface area contributed by atoms with Gasteiger partial charge in [0.1, 0.15) is 6.61 Å². The number of halogens is 2. The zero-order chi connectivity index (χ0) is 12.4. The number of amides is 1. The molecule has 0 bridgehead atoms. The van der Waals surface area contributed by atoms with Gasteiger partial charge in [-0.05, 0) is 18.2 Å². The van der Waals surface area contributed by atoms with Crippen LogP contribution in [0.4, 0.5) is 5.69 Å². The van der Waals surface area contributed by atoms with E-state index in [0.29, 0.717) is 28.8 Å². The second-order valence-electron chi connectivity index (χ2n) is 3.77. The molecule has 0 aromatic heterocycles. The van der Waals surface area contributed by atoms with E-state index in [2.05, 4.69) is 0 Å². The Labute approximate surface area is 109 Å². The fourth-order valence-corrected chi connectivity index (χ4v) is 2.21. The summed E-state index contributed by atoms with van der Waals surface area (Å²) in [6.45, 7) is 0.812. The highest BCUT2D eigenvalue weighted by atomic mass is 35.5. The lowest BCUT2D eigenvalue weighted by atomic mass is 10.2. The molecule has 0 saturated carbocycles. The number of benzene rings is 1. The number of hydrogen-bond donors (Lipinski definition) is 1. The van der Waals surface area contributed by atoms with Crippen LogP contribution in [0.5, 0.6) is 0 Å². The molecule has 1 aromatic carbocycles. The summed E-state index contributed by atoms with van der Waals surface area (Å²) >= 11 is 11.9. The molecule has 6 heteroatoms. The predicted molar refractivity (Wildman–Crippen MR) is 67.6 cm³/mol. The van der Waals surface area contributed by atoms with Crippen molar-refractivity contribution in [2.45, 2.75) is 6.10 Å². The maximum atomic E-state index is 11.8. The topological polar surface area (TPSA) is 55.6 Å². The van der Waals surface area contributed by atoms with Gasteiger partial charge in [0.15, 0.2) is 0 Å². The number of morpholine rings is 1. The number of hydrogen-bond acceptors (Lipinski definition) is 3. The summed E-state index contributed by atoms with van der Waals surface area (Å²) in [5, 5.41) is 0.985. The summed E-state index contributed by atoms with van der Waals surface area (Å²) in [4.78, 5) is 13.3. The monoisotopic (exact) mass is 274 g/mol. The number of carbonyl (C=O) groups is 1. The highest BCUT2D eigenvalue weighted by Crippen LogP contribution is 2.30. The Morgan fingerprint density at radius 3 is 2.88 bits per heavy atom. The summed E-state index contributed by atoms with van der Waals surface area (Å²) < 4.78 is 5.27. The number of anilines is 1. The van der Waals surface area contributed by atoms with Gasteiger partial charge in [0.25, 0.3) is 5.91 Å². The van der Waals surface area contributed by atoms with Crippen molar-refractivity contribution in [1.82, 2.24) is 0 Å². The van der Waals surface area contributed by atoms with E-state index in [1.54, 1.807) is 23.1 Å². The fraction of sp³-hybridized carbons (Fsp3) is 0.364. The fourth-order valence-electron chi connectivity index (χ4n) is 1.70.